The number of nitrogens with one attached hydrogen (secondary N) is 1. The summed E-state index contributed by atoms with van der Waals surface area (Å²) in [6.07, 6.45) is 1.64. The lowest BCUT2D eigenvalue weighted by Gasteiger charge is -2.33. The van der Waals surface area contributed by atoms with Crippen molar-refractivity contribution in [3.05, 3.63) is 0 Å². The Kier molecular flexibility index (Phi) is 8.02. The van der Waals surface area contributed by atoms with E-state index < -0.39 is 0 Å². The lowest BCUT2D eigenvalue weighted by atomic mass is 9.97. The summed E-state index contributed by atoms with van der Waals surface area (Å²) in [6.45, 7) is 8.56. The number of guanidine groups is 1. The first-order valence-electron chi connectivity index (χ1n) is 7.41. The third-order valence-electron chi connectivity index (χ3n) is 3.37. The second-order valence-electron chi connectivity index (χ2n) is 4.72. The minimum absolute atomic E-state index is 0.0301. The van der Waals surface area contributed by atoms with Crippen LogP contribution in [0.4, 0.5) is 0 Å². The number of hydrogen-bond donors (Lipinski definition) is 1. The summed E-state index contributed by atoms with van der Waals surface area (Å²) in [5.41, 5.74) is 0. The molecule has 0 aromatic heterocycles. The first-order valence-corrected chi connectivity index (χ1v) is 7.41. The summed E-state index contributed by atoms with van der Waals surface area (Å²) in [5.74, 6) is 0.848. The molecule has 0 aromatic carbocycles. The van der Waals surface area contributed by atoms with Crippen LogP contribution in [0.3, 0.4) is 0 Å². The fourth-order valence-corrected chi connectivity index (χ4v) is 2.28. The molecule has 0 aromatic rings. The van der Waals surface area contributed by atoms with Gasteiger partial charge in [0.05, 0.1) is 26.2 Å². The molecule has 116 valence electrons. The number of aliphatic imine (C=N–C) groups is 1. The number of nitrogens with zero attached hydrogens (tertiary/aromatic N) is 2. The molecule has 0 saturated carbocycles. The Morgan fingerprint density at radius 1 is 1.35 bits per heavy atom. The Morgan fingerprint density at radius 3 is 2.60 bits per heavy atom. The van der Waals surface area contributed by atoms with Crippen LogP contribution in [-0.2, 0) is 14.3 Å². The van der Waals surface area contributed by atoms with E-state index in [4.69, 9.17) is 9.47 Å². The van der Waals surface area contributed by atoms with Crippen molar-refractivity contribution >= 4 is 11.9 Å². The van der Waals surface area contributed by atoms with Crippen LogP contribution in [0.2, 0.25) is 0 Å². The molecule has 0 amide bonds. The molecule has 0 spiro atoms. The molecule has 0 radical (unpaired) electrons. The molecule has 1 rings (SSSR count). The number of carbonyl (C=O) groups is 1. The van der Waals surface area contributed by atoms with E-state index in [-0.39, 0.29) is 11.9 Å². The second-order valence-corrected chi connectivity index (χ2v) is 4.72. The Hall–Kier alpha value is -1.30. The first kappa shape index (κ1) is 16.8. The molecule has 6 heteroatoms. The molecular weight excluding hydrogens is 258 g/mol. The highest BCUT2D eigenvalue weighted by atomic mass is 16.5. The van der Waals surface area contributed by atoms with Crippen LogP contribution in [0.1, 0.15) is 26.7 Å². The maximum absolute atomic E-state index is 11.5. The topological polar surface area (TPSA) is 63.2 Å². The van der Waals surface area contributed by atoms with Gasteiger partial charge in [0.15, 0.2) is 5.96 Å². The molecule has 0 bridgehead atoms. The average Bonchev–Trinajstić information content (AvgIpc) is 2.50. The SMILES string of the molecule is CCNC(=NCCOCC)N1CCC(C(=O)OC)CC1. The van der Waals surface area contributed by atoms with Gasteiger partial charge in [-0.3, -0.25) is 9.79 Å². The molecule has 1 N–H and O–H groups in total. The number of methoxy groups -OCH3 is 1. The van der Waals surface area contributed by atoms with Crippen molar-refractivity contribution in [3.63, 3.8) is 0 Å². The van der Waals surface area contributed by atoms with Gasteiger partial charge in [-0.15, -0.1) is 0 Å². The van der Waals surface area contributed by atoms with Gasteiger partial charge in [0.1, 0.15) is 0 Å². The van der Waals surface area contributed by atoms with Gasteiger partial charge in [-0.2, -0.15) is 0 Å². The highest BCUT2D eigenvalue weighted by molar-refractivity contribution is 5.80. The quantitative estimate of drug-likeness (QED) is 0.340. The zero-order chi connectivity index (χ0) is 14.8. The molecule has 20 heavy (non-hydrogen) atoms. The first-order chi connectivity index (χ1) is 9.72. The summed E-state index contributed by atoms with van der Waals surface area (Å²) < 4.78 is 10.1. The van der Waals surface area contributed by atoms with E-state index >= 15 is 0 Å². The highest BCUT2D eigenvalue weighted by Crippen LogP contribution is 2.18. The monoisotopic (exact) mass is 285 g/mol. The van der Waals surface area contributed by atoms with Crippen molar-refractivity contribution in [3.8, 4) is 0 Å². The smallest absolute Gasteiger partial charge is 0.308 e. The third-order valence-corrected chi connectivity index (χ3v) is 3.37. The van der Waals surface area contributed by atoms with E-state index in [1.807, 2.05) is 6.92 Å². The number of ether oxygens (including phenoxy) is 2. The van der Waals surface area contributed by atoms with Crippen LogP contribution >= 0.6 is 0 Å². The van der Waals surface area contributed by atoms with Crippen LogP contribution in [0, 0.1) is 5.92 Å². The predicted octanol–water partition coefficient (Wildman–Crippen LogP) is 0.873. The van der Waals surface area contributed by atoms with E-state index in [0.29, 0.717) is 13.2 Å². The van der Waals surface area contributed by atoms with Crippen molar-refractivity contribution in [1.82, 2.24) is 10.2 Å². The molecule has 0 unspecified atom stereocenters. The van der Waals surface area contributed by atoms with Crippen molar-refractivity contribution in [1.29, 1.82) is 0 Å². The standard InChI is InChI=1S/C14H27N3O3/c1-4-15-14(16-8-11-20-5-2)17-9-6-12(7-10-17)13(18)19-3/h12H,4-11H2,1-3H3,(H,15,16). The van der Waals surface area contributed by atoms with Crippen molar-refractivity contribution < 1.29 is 14.3 Å². The van der Waals surface area contributed by atoms with Gasteiger partial charge in [0.2, 0.25) is 0 Å². The maximum Gasteiger partial charge on any atom is 0.308 e. The van der Waals surface area contributed by atoms with E-state index in [9.17, 15) is 4.79 Å². The minimum Gasteiger partial charge on any atom is -0.469 e. The van der Waals surface area contributed by atoms with E-state index in [1.165, 1.54) is 7.11 Å². The number of likely N-dealkylation sites (tertiary alicyclic amines) is 1. The van der Waals surface area contributed by atoms with E-state index in [0.717, 1.165) is 45.0 Å². The predicted molar refractivity (Wildman–Crippen MR) is 78.8 cm³/mol. The van der Waals surface area contributed by atoms with Crippen LogP contribution in [0.15, 0.2) is 4.99 Å². The number of hydrogen-bond acceptors (Lipinski definition) is 4. The van der Waals surface area contributed by atoms with Crippen molar-refractivity contribution in [2.75, 3.05) is 46.5 Å². The van der Waals surface area contributed by atoms with Crippen LogP contribution in [0.25, 0.3) is 0 Å². The van der Waals surface area contributed by atoms with Gasteiger partial charge < -0.3 is 19.7 Å². The van der Waals surface area contributed by atoms with Gasteiger partial charge in [-0.05, 0) is 26.7 Å². The Balaban J connectivity index is 2.46. The molecule has 0 aliphatic carbocycles. The van der Waals surface area contributed by atoms with Gasteiger partial charge >= 0.3 is 5.97 Å². The second kappa shape index (κ2) is 9.58. The largest absolute Gasteiger partial charge is 0.469 e. The summed E-state index contributed by atoms with van der Waals surface area (Å²) in [4.78, 5) is 18.3. The fourth-order valence-electron chi connectivity index (χ4n) is 2.28. The third kappa shape index (κ3) is 5.36. The molecule has 1 heterocycles. The minimum atomic E-state index is -0.0945. The fraction of sp³-hybridized carbons (Fsp3) is 0.857. The number of rotatable bonds is 6. The van der Waals surface area contributed by atoms with E-state index in [2.05, 4.69) is 22.1 Å². The summed E-state index contributed by atoms with van der Waals surface area (Å²) in [6, 6.07) is 0. The number of esters is 1. The summed E-state index contributed by atoms with van der Waals surface area (Å²) >= 11 is 0. The zero-order valence-corrected chi connectivity index (χ0v) is 12.9. The Labute approximate surface area is 121 Å². The van der Waals surface area contributed by atoms with Crippen LogP contribution in [-0.4, -0.2) is 63.3 Å². The molecule has 0 atom stereocenters. The Bertz CT molecular complexity index is 313. The Morgan fingerprint density at radius 2 is 2.05 bits per heavy atom. The molecule has 1 aliphatic rings. The van der Waals surface area contributed by atoms with Gasteiger partial charge in [0, 0.05) is 26.2 Å². The summed E-state index contributed by atoms with van der Waals surface area (Å²) in [5, 5.41) is 3.29. The lowest BCUT2D eigenvalue weighted by Crippen LogP contribution is -2.46. The highest BCUT2D eigenvalue weighted by Gasteiger charge is 2.26. The van der Waals surface area contributed by atoms with Crippen molar-refractivity contribution in [2.24, 2.45) is 10.9 Å². The average molecular weight is 285 g/mol. The van der Waals surface area contributed by atoms with Crippen molar-refractivity contribution in [2.45, 2.75) is 26.7 Å². The van der Waals surface area contributed by atoms with Gasteiger partial charge in [-0.25, -0.2) is 0 Å². The number of carbonyl (C=O) groups excluding carboxylic acids is 1. The zero-order valence-electron chi connectivity index (χ0n) is 12.9. The lowest BCUT2D eigenvalue weighted by molar-refractivity contribution is -0.146. The molecule has 6 nitrogen and oxygen atoms in total. The molecule has 1 aliphatic heterocycles. The van der Waals surface area contributed by atoms with Gasteiger partial charge in [0.25, 0.3) is 0 Å². The van der Waals surface area contributed by atoms with E-state index in [1.54, 1.807) is 0 Å². The molecule has 1 saturated heterocycles. The summed E-state index contributed by atoms with van der Waals surface area (Å²) in [7, 11) is 1.45. The number of piperidine rings is 1. The van der Waals surface area contributed by atoms with Gasteiger partial charge in [-0.1, -0.05) is 0 Å². The van der Waals surface area contributed by atoms with Crippen LogP contribution in [0.5, 0.6) is 0 Å². The maximum atomic E-state index is 11.5. The van der Waals surface area contributed by atoms with Crippen LogP contribution < -0.4 is 5.32 Å². The molecule has 1 fully saturated rings. The molecular formula is C14H27N3O3. The normalized spacial score (nSPS) is 17.1.